The van der Waals surface area contributed by atoms with Crippen molar-refractivity contribution in [3.63, 3.8) is 0 Å². The van der Waals surface area contributed by atoms with E-state index < -0.39 is 0 Å². The highest BCUT2D eigenvalue weighted by Gasteiger charge is 2.20. The number of nitrogens with zero attached hydrogens (tertiary/aromatic N) is 3. The second kappa shape index (κ2) is 9.35. The monoisotopic (exact) mass is 376 g/mol. The zero-order valence-corrected chi connectivity index (χ0v) is 17.0. The van der Waals surface area contributed by atoms with E-state index in [0.717, 1.165) is 31.0 Å². The number of fused-ring (bicyclic) bond motifs is 1. The van der Waals surface area contributed by atoms with Crippen LogP contribution in [0.3, 0.4) is 0 Å². The van der Waals surface area contributed by atoms with Crippen LogP contribution in [0.2, 0.25) is 0 Å². The zero-order chi connectivity index (χ0) is 19.2. The number of hydrogen-bond donors (Lipinski definition) is 1. The van der Waals surface area contributed by atoms with Gasteiger partial charge in [-0.2, -0.15) is 0 Å². The van der Waals surface area contributed by atoms with Gasteiger partial charge < -0.3 is 14.8 Å². The zero-order valence-electron chi connectivity index (χ0n) is 17.0. The molecule has 4 rings (SSSR count). The molecule has 1 fully saturated rings. The SMILES string of the molecule is CCn1c(CNC2CCCN(CCCc3ccccc3)C2)nc2ccccc21. The largest absolute Gasteiger partial charge is 0.327 e. The Morgan fingerprint density at radius 3 is 2.75 bits per heavy atom. The van der Waals surface area contributed by atoms with Crippen molar-refractivity contribution in [3.8, 4) is 0 Å². The van der Waals surface area contributed by atoms with Gasteiger partial charge in [-0.15, -0.1) is 0 Å². The van der Waals surface area contributed by atoms with Crippen molar-refractivity contribution in [2.75, 3.05) is 19.6 Å². The molecule has 0 amide bonds. The van der Waals surface area contributed by atoms with Crippen molar-refractivity contribution in [3.05, 3.63) is 66.0 Å². The molecule has 148 valence electrons. The van der Waals surface area contributed by atoms with Crippen molar-refractivity contribution in [1.29, 1.82) is 0 Å². The second-order valence-corrected chi connectivity index (χ2v) is 7.87. The summed E-state index contributed by atoms with van der Waals surface area (Å²) in [6, 6.07) is 19.9. The van der Waals surface area contributed by atoms with Gasteiger partial charge in [-0.1, -0.05) is 42.5 Å². The average molecular weight is 377 g/mol. The number of likely N-dealkylation sites (tertiary alicyclic amines) is 1. The molecule has 1 unspecified atom stereocenters. The molecule has 1 atom stereocenters. The topological polar surface area (TPSA) is 33.1 Å². The van der Waals surface area contributed by atoms with Crippen LogP contribution in [0, 0.1) is 0 Å². The minimum atomic E-state index is 0.565. The summed E-state index contributed by atoms with van der Waals surface area (Å²) in [5, 5.41) is 3.79. The summed E-state index contributed by atoms with van der Waals surface area (Å²) in [5.41, 5.74) is 3.80. The molecule has 1 saturated heterocycles. The van der Waals surface area contributed by atoms with E-state index in [0.29, 0.717) is 6.04 Å². The number of piperidine rings is 1. The van der Waals surface area contributed by atoms with Crippen LogP contribution in [-0.4, -0.2) is 40.1 Å². The molecule has 4 heteroatoms. The first-order valence-corrected chi connectivity index (χ1v) is 10.8. The maximum atomic E-state index is 4.86. The first-order chi connectivity index (χ1) is 13.8. The van der Waals surface area contributed by atoms with Crippen LogP contribution in [0.15, 0.2) is 54.6 Å². The number of imidazole rings is 1. The quantitative estimate of drug-likeness (QED) is 0.638. The molecule has 0 aliphatic carbocycles. The number of aromatic nitrogens is 2. The Kier molecular flexibility index (Phi) is 6.40. The molecule has 3 aromatic rings. The lowest BCUT2D eigenvalue weighted by atomic mass is 10.0. The maximum absolute atomic E-state index is 4.86. The van der Waals surface area contributed by atoms with Crippen LogP contribution in [0.4, 0.5) is 0 Å². The normalized spacial score (nSPS) is 18.0. The van der Waals surface area contributed by atoms with Gasteiger partial charge in [0.25, 0.3) is 0 Å². The van der Waals surface area contributed by atoms with Gasteiger partial charge in [-0.3, -0.25) is 0 Å². The first kappa shape index (κ1) is 19.2. The smallest absolute Gasteiger partial charge is 0.123 e. The molecule has 0 bridgehead atoms. The Labute approximate surface area is 168 Å². The summed E-state index contributed by atoms with van der Waals surface area (Å²) < 4.78 is 2.34. The van der Waals surface area contributed by atoms with Crippen LogP contribution in [0.5, 0.6) is 0 Å². The Morgan fingerprint density at radius 2 is 1.89 bits per heavy atom. The number of nitrogens with one attached hydrogen (secondary N) is 1. The Morgan fingerprint density at radius 1 is 1.07 bits per heavy atom. The van der Waals surface area contributed by atoms with Gasteiger partial charge >= 0.3 is 0 Å². The third-order valence-electron chi connectivity index (χ3n) is 5.89. The van der Waals surface area contributed by atoms with Crippen molar-refractivity contribution < 1.29 is 0 Å². The fraction of sp³-hybridized carbons (Fsp3) is 0.458. The highest BCUT2D eigenvalue weighted by atomic mass is 15.2. The molecule has 1 aliphatic heterocycles. The van der Waals surface area contributed by atoms with E-state index in [4.69, 9.17) is 4.98 Å². The molecule has 0 saturated carbocycles. The number of rotatable bonds is 8. The summed E-state index contributed by atoms with van der Waals surface area (Å²) >= 11 is 0. The molecule has 2 heterocycles. The lowest BCUT2D eigenvalue weighted by Gasteiger charge is -2.33. The van der Waals surface area contributed by atoms with Crippen LogP contribution in [-0.2, 0) is 19.5 Å². The van der Waals surface area contributed by atoms with Crippen LogP contribution in [0.1, 0.15) is 37.6 Å². The van der Waals surface area contributed by atoms with E-state index in [1.807, 2.05) is 0 Å². The standard InChI is InChI=1S/C24H32N4/c1-2-28-23-15-7-6-14-22(23)26-24(28)18-25-21-13-9-17-27(19-21)16-8-12-20-10-4-3-5-11-20/h3-7,10-11,14-15,21,25H,2,8-9,12-13,16-19H2,1H3. The Hall–Kier alpha value is -2.17. The molecule has 0 spiro atoms. The lowest BCUT2D eigenvalue weighted by Crippen LogP contribution is -2.45. The van der Waals surface area contributed by atoms with Crippen LogP contribution < -0.4 is 5.32 Å². The second-order valence-electron chi connectivity index (χ2n) is 7.87. The predicted octanol–water partition coefficient (Wildman–Crippen LogP) is 4.24. The van der Waals surface area contributed by atoms with Crippen LogP contribution in [0.25, 0.3) is 11.0 Å². The van der Waals surface area contributed by atoms with Crippen molar-refractivity contribution >= 4 is 11.0 Å². The molecular formula is C24H32N4. The van der Waals surface area contributed by atoms with Gasteiger partial charge in [-0.05, 0) is 63.4 Å². The predicted molar refractivity (Wildman–Crippen MR) is 116 cm³/mol. The Balaban J connectivity index is 1.28. The molecule has 0 radical (unpaired) electrons. The van der Waals surface area contributed by atoms with Gasteiger partial charge in [0.15, 0.2) is 0 Å². The molecular weight excluding hydrogens is 344 g/mol. The molecule has 28 heavy (non-hydrogen) atoms. The number of aryl methyl sites for hydroxylation is 2. The fourth-order valence-corrected chi connectivity index (χ4v) is 4.43. The van der Waals surface area contributed by atoms with Crippen molar-refractivity contribution in [2.45, 2.75) is 51.7 Å². The van der Waals surface area contributed by atoms with Crippen LogP contribution >= 0.6 is 0 Å². The number of hydrogen-bond acceptors (Lipinski definition) is 3. The van der Waals surface area contributed by atoms with Crippen molar-refractivity contribution in [2.24, 2.45) is 0 Å². The van der Waals surface area contributed by atoms with Gasteiger partial charge in [0.05, 0.1) is 17.6 Å². The summed E-state index contributed by atoms with van der Waals surface area (Å²) in [6.07, 6.45) is 4.97. The third-order valence-corrected chi connectivity index (χ3v) is 5.89. The van der Waals surface area contributed by atoms with Gasteiger partial charge in [0, 0.05) is 19.1 Å². The molecule has 1 N–H and O–H groups in total. The average Bonchev–Trinajstić information content (AvgIpc) is 3.11. The summed E-state index contributed by atoms with van der Waals surface area (Å²) in [5.74, 6) is 1.16. The van der Waals surface area contributed by atoms with Gasteiger partial charge in [0.2, 0.25) is 0 Å². The molecule has 2 aromatic carbocycles. The highest BCUT2D eigenvalue weighted by molar-refractivity contribution is 5.75. The minimum Gasteiger partial charge on any atom is -0.327 e. The van der Waals surface area contributed by atoms with E-state index in [2.05, 4.69) is 76.3 Å². The van der Waals surface area contributed by atoms with E-state index in [-0.39, 0.29) is 0 Å². The lowest BCUT2D eigenvalue weighted by molar-refractivity contribution is 0.187. The van der Waals surface area contributed by atoms with E-state index >= 15 is 0 Å². The van der Waals surface area contributed by atoms with E-state index in [1.54, 1.807) is 0 Å². The Bertz CT molecular complexity index is 871. The molecule has 1 aliphatic rings. The van der Waals surface area contributed by atoms with Gasteiger partial charge in [0.1, 0.15) is 5.82 Å². The summed E-state index contributed by atoms with van der Waals surface area (Å²) in [4.78, 5) is 7.49. The summed E-state index contributed by atoms with van der Waals surface area (Å²) in [7, 11) is 0. The highest BCUT2D eigenvalue weighted by Crippen LogP contribution is 2.17. The maximum Gasteiger partial charge on any atom is 0.123 e. The van der Waals surface area contributed by atoms with Crippen molar-refractivity contribution in [1.82, 2.24) is 19.8 Å². The van der Waals surface area contributed by atoms with E-state index in [9.17, 15) is 0 Å². The van der Waals surface area contributed by atoms with Gasteiger partial charge in [-0.25, -0.2) is 4.98 Å². The number of para-hydroxylation sites is 2. The third kappa shape index (κ3) is 4.62. The van der Waals surface area contributed by atoms with E-state index in [1.165, 1.54) is 49.9 Å². The first-order valence-electron chi connectivity index (χ1n) is 10.8. The fourth-order valence-electron chi connectivity index (χ4n) is 4.43. The molecule has 4 nitrogen and oxygen atoms in total. The summed E-state index contributed by atoms with van der Waals surface area (Å²) in [6.45, 7) is 7.60. The number of benzene rings is 2. The molecule has 1 aromatic heterocycles. The minimum absolute atomic E-state index is 0.565.